The Morgan fingerprint density at radius 1 is 0.786 bits per heavy atom. The van der Waals surface area contributed by atoms with Crippen LogP contribution in [0.5, 0.6) is 0 Å². The molecule has 0 unspecified atom stereocenters. The van der Waals surface area contributed by atoms with E-state index in [-0.39, 0.29) is 0 Å². The highest BCUT2D eigenvalue weighted by molar-refractivity contribution is 6.93. The Kier molecular flexibility index (Phi) is 8.10. The summed E-state index contributed by atoms with van der Waals surface area (Å²) in [6, 6.07) is 19.4. The predicted octanol–water partition coefficient (Wildman–Crippen LogP) is 6.71. The third-order valence-electron chi connectivity index (χ3n) is 5.96. The Hall–Kier alpha value is -1.83. The van der Waals surface area contributed by atoms with E-state index in [1.807, 2.05) is 0 Å². The molecule has 2 aromatic rings. The maximum atomic E-state index is 3.98. The molecule has 0 N–H and O–H groups in total. The normalized spacial score (nSPS) is 12.2. The summed E-state index contributed by atoms with van der Waals surface area (Å²) in [7, 11) is -2.81. The molecule has 0 aromatic heterocycles. The van der Waals surface area contributed by atoms with Gasteiger partial charge in [-0.05, 0) is 34.3 Å². The summed E-state index contributed by atoms with van der Waals surface area (Å²) in [5, 5.41) is 1.42. The summed E-state index contributed by atoms with van der Waals surface area (Å²) in [5.74, 6) is 0. The van der Waals surface area contributed by atoms with Gasteiger partial charge in [0.25, 0.3) is 0 Å². The SMILES string of the molecule is Cc1ccccc1[Si](C#C[Si](C(C)C)(C(C)C)C(C)C)C=Cc1ccccc1. The van der Waals surface area contributed by atoms with Crippen LogP contribution < -0.4 is 5.19 Å². The molecule has 2 rings (SSSR count). The standard InChI is InChI=1S/C26H35Si2/c1-21(2)28(22(3)4,23(5)6)20-19-27(26-16-12-11-13-24(26)7)18-17-25-14-9-8-10-15-25/h8-18,21-23H,1-7H3. The molecule has 0 saturated heterocycles. The van der Waals surface area contributed by atoms with Crippen LogP contribution in [0.2, 0.25) is 16.6 Å². The first-order valence-electron chi connectivity index (χ1n) is 10.5. The van der Waals surface area contributed by atoms with E-state index in [2.05, 4.69) is 126 Å². The highest BCUT2D eigenvalue weighted by Crippen LogP contribution is 2.40. The van der Waals surface area contributed by atoms with Crippen LogP contribution in [-0.2, 0) is 0 Å². The van der Waals surface area contributed by atoms with E-state index < -0.39 is 16.9 Å². The molecule has 1 radical (unpaired) electrons. The van der Waals surface area contributed by atoms with Gasteiger partial charge in [-0.2, -0.15) is 0 Å². The van der Waals surface area contributed by atoms with Gasteiger partial charge < -0.3 is 0 Å². The maximum absolute atomic E-state index is 3.98. The lowest BCUT2D eigenvalue weighted by Crippen LogP contribution is -2.44. The molecule has 0 aliphatic heterocycles. The number of aryl methyl sites for hydroxylation is 1. The van der Waals surface area contributed by atoms with Crippen LogP contribution in [-0.4, -0.2) is 16.9 Å². The first-order valence-corrected chi connectivity index (χ1v) is 14.3. The fourth-order valence-corrected chi connectivity index (χ4v) is 12.2. The molecule has 0 heterocycles. The molecule has 2 heteroatoms. The molecule has 0 saturated carbocycles. The summed E-state index contributed by atoms with van der Waals surface area (Å²) >= 11 is 0. The quantitative estimate of drug-likeness (QED) is 0.371. The zero-order chi connectivity index (χ0) is 20.7. The lowest BCUT2D eigenvalue weighted by molar-refractivity contribution is 0.838. The first kappa shape index (κ1) is 22.5. The van der Waals surface area contributed by atoms with Crippen molar-refractivity contribution in [2.45, 2.75) is 65.1 Å². The van der Waals surface area contributed by atoms with Crippen molar-refractivity contribution in [2.24, 2.45) is 0 Å². The average Bonchev–Trinajstić information content (AvgIpc) is 2.65. The summed E-state index contributed by atoms with van der Waals surface area (Å²) in [4.78, 5) is 0. The molecule has 0 nitrogen and oxygen atoms in total. The Morgan fingerprint density at radius 3 is 1.86 bits per heavy atom. The fourth-order valence-electron chi connectivity index (χ4n) is 4.43. The lowest BCUT2D eigenvalue weighted by Gasteiger charge is -2.38. The molecular formula is C26H35Si2. The molecule has 28 heavy (non-hydrogen) atoms. The Bertz CT molecular complexity index is 814. The van der Waals surface area contributed by atoms with Crippen LogP contribution >= 0.6 is 0 Å². The highest BCUT2D eigenvalue weighted by Gasteiger charge is 2.41. The third kappa shape index (κ3) is 5.16. The monoisotopic (exact) mass is 403 g/mol. The van der Waals surface area contributed by atoms with E-state index in [9.17, 15) is 0 Å². The van der Waals surface area contributed by atoms with Crippen molar-refractivity contribution < 1.29 is 0 Å². The zero-order valence-corrected chi connectivity index (χ0v) is 20.6. The van der Waals surface area contributed by atoms with Crippen LogP contribution in [0.25, 0.3) is 6.08 Å². The fraction of sp³-hybridized carbons (Fsp3) is 0.385. The molecule has 0 aliphatic carbocycles. The number of benzene rings is 2. The van der Waals surface area contributed by atoms with Crippen molar-refractivity contribution in [1.29, 1.82) is 0 Å². The summed E-state index contributed by atoms with van der Waals surface area (Å²) < 4.78 is 0. The molecule has 0 amide bonds. The minimum absolute atomic E-state index is 0.665. The Balaban J connectivity index is 2.53. The Labute approximate surface area is 175 Å². The summed E-state index contributed by atoms with van der Waals surface area (Å²) in [6.07, 6.45) is 2.26. The maximum Gasteiger partial charge on any atom is 0.205 e. The topological polar surface area (TPSA) is 0 Å². The smallest absolute Gasteiger partial charge is 0.137 e. The molecule has 0 spiro atoms. The molecule has 147 valence electrons. The van der Waals surface area contributed by atoms with Gasteiger partial charge in [-0.15, -0.1) is 11.1 Å². The second-order valence-corrected chi connectivity index (χ2v) is 16.1. The molecule has 0 atom stereocenters. The van der Waals surface area contributed by atoms with Crippen molar-refractivity contribution in [3.8, 4) is 11.1 Å². The summed E-state index contributed by atoms with van der Waals surface area (Å²) in [5.41, 5.74) is 14.8. The van der Waals surface area contributed by atoms with Crippen molar-refractivity contribution >= 4 is 28.1 Å². The second-order valence-electron chi connectivity index (χ2n) is 8.62. The van der Waals surface area contributed by atoms with Crippen molar-refractivity contribution in [2.75, 3.05) is 0 Å². The molecule has 0 fully saturated rings. The van der Waals surface area contributed by atoms with Crippen molar-refractivity contribution in [3.05, 3.63) is 71.4 Å². The van der Waals surface area contributed by atoms with E-state index in [0.29, 0.717) is 16.6 Å². The minimum Gasteiger partial charge on any atom is -0.137 e. The van der Waals surface area contributed by atoms with Gasteiger partial charge >= 0.3 is 0 Å². The van der Waals surface area contributed by atoms with Gasteiger partial charge in [0.2, 0.25) is 8.80 Å². The van der Waals surface area contributed by atoms with E-state index in [4.69, 9.17) is 0 Å². The predicted molar refractivity (Wildman–Crippen MR) is 131 cm³/mol. The van der Waals surface area contributed by atoms with Crippen LogP contribution in [0, 0.1) is 18.0 Å². The van der Waals surface area contributed by atoms with E-state index in [0.717, 1.165) is 0 Å². The molecule has 0 aliphatic rings. The molecular weight excluding hydrogens is 368 g/mol. The summed E-state index contributed by atoms with van der Waals surface area (Å²) in [6.45, 7) is 16.6. The van der Waals surface area contributed by atoms with Gasteiger partial charge in [-0.3, -0.25) is 0 Å². The highest BCUT2D eigenvalue weighted by atomic mass is 28.3. The van der Waals surface area contributed by atoms with Gasteiger partial charge in [0.05, 0.1) is 0 Å². The number of hydrogen-bond donors (Lipinski definition) is 0. The van der Waals surface area contributed by atoms with Gasteiger partial charge in [0.1, 0.15) is 8.07 Å². The van der Waals surface area contributed by atoms with Crippen molar-refractivity contribution in [1.82, 2.24) is 0 Å². The minimum atomic E-state index is -1.72. The number of rotatable bonds is 6. The van der Waals surface area contributed by atoms with Gasteiger partial charge in [-0.25, -0.2) is 0 Å². The Morgan fingerprint density at radius 2 is 1.32 bits per heavy atom. The van der Waals surface area contributed by atoms with Gasteiger partial charge in [-0.1, -0.05) is 113 Å². The van der Waals surface area contributed by atoms with E-state index in [1.54, 1.807) is 0 Å². The van der Waals surface area contributed by atoms with Crippen LogP contribution in [0.15, 0.2) is 60.3 Å². The number of hydrogen-bond acceptors (Lipinski definition) is 0. The third-order valence-corrected chi connectivity index (χ3v) is 14.5. The largest absolute Gasteiger partial charge is 0.205 e. The van der Waals surface area contributed by atoms with Crippen LogP contribution in [0.3, 0.4) is 0 Å². The first-order chi connectivity index (χ1) is 13.3. The van der Waals surface area contributed by atoms with Crippen LogP contribution in [0.1, 0.15) is 52.7 Å². The van der Waals surface area contributed by atoms with Gasteiger partial charge in [0, 0.05) is 0 Å². The molecule has 2 aromatic carbocycles. The lowest BCUT2D eigenvalue weighted by atomic mass is 10.2. The van der Waals surface area contributed by atoms with Gasteiger partial charge in [0.15, 0.2) is 0 Å². The average molecular weight is 404 g/mol. The second kappa shape index (κ2) is 10.1. The van der Waals surface area contributed by atoms with Crippen LogP contribution in [0.4, 0.5) is 0 Å². The zero-order valence-electron chi connectivity index (χ0n) is 18.6. The molecule has 0 bridgehead atoms. The van der Waals surface area contributed by atoms with E-state index in [1.165, 1.54) is 16.3 Å². The van der Waals surface area contributed by atoms with E-state index >= 15 is 0 Å². The van der Waals surface area contributed by atoms with Crippen molar-refractivity contribution in [3.63, 3.8) is 0 Å².